The Labute approximate surface area is 121 Å². The van der Waals surface area contributed by atoms with Crippen molar-refractivity contribution in [3.05, 3.63) is 45.9 Å². The van der Waals surface area contributed by atoms with Gasteiger partial charge < -0.3 is 5.32 Å². The summed E-state index contributed by atoms with van der Waals surface area (Å²) in [4.78, 5) is 5.51. The summed E-state index contributed by atoms with van der Waals surface area (Å²) in [5.74, 6) is 0.635. The molecule has 0 amide bonds. The van der Waals surface area contributed by atoms with E-state index >= 15 is 0 Å². The number of nitrogens with zero attached hydrogens (tertiary/aromatic N) is 1. The first kappa shape index (κ1) is 13.5. The van der Waals surface area contributed by atoms with Crippen LogP contribution in [0.25, 0.3) is 0 Å². The maximum absolute atomic E-state index is 6.15. The van der Waals surface area contributed by atoms with Crippen molar-refractivity contribution in [1.82, 2.24) is 4.98 Å². The maximum atomic E-state index is 6.15. The lowest BCUT2D eigenvalue weighted by atomic mass is 10.2. The monoisotopic (exact) mass is 298 g/mol. The number of rotatable bonds is 3. The van der Waals surface area contributed by atoms with Gasteiger partial charge in [-0.3, -0.25) is 0 Å². The Bertz CT molecular complexity index is 573. The summed E-state index contributed by atoms with van der Waals surface area (Å²) in [6, 6.07) is 9.90. The molecule has 2 aromatic rings. The van der Waals surface area contributed by atoms with Crippen LogP contribution in [0.15, 0.2) is 40.3 Å². The average molecular weight is 299 g/mol. The predicted molar refractivity (Wildman–Crippen MR) is 79.1 cm³/mol. The molecule has 0 unspecified atom stereocenters. The zero-order chi connectivity index (χ0) is 13.1. The first-order valence-electron chi connectivity index (χ1n) is 5.38. The van der Waals surface area contributed by atoms with E-state index in [-0.39, 0.29) is 0 Å². The van der Waals surface area contributed by atoms with E-state index in [4.69, 9.17) is 23.2 Å². The molecule has 1 N–H and O–H groups in total. The Morgan fingerprint density at radius 3 is 2.61 bits per heavy atom. The van der Waals surface area contributed by atoms with Gasteiger partial charge in [0.05, 0.1) is 10.0 Å². The normalized spacial score (nSPS) is 10.4. The zero-order valence-corrected chi connectivity index (χ0v) is 12.3. The van der Waals surface area contributed by atoms with Crippen molar-refractivity contribution in [2.24, 2.45) is 0 Å². The van der Waals surface area contributed by atoms with Crippen LogP contribution < -0.4 is 5.32 Å². The van der Waals surface area contributed by atoms with Gasteiger partial charge in [0.15, 0.2) is 0 Å². The molecule has 1 heterocycles. The Morgan fingerprint density at radius 2 is 1.94 bits per heavy atom. The van der Waals surface area contributed by atoms with Gasteiger partial charge in [-0.25, -0.2) is 4.98 Å². The summed E-state index contributed by atoms with van der Waals surface area (Å²) in [6.07, 6.45) is 0. The van der Waals surface area contributed by atoms with E-state index in [0.717, 1.165) is 9.92 Å². The minimum absolute atomic E-state index is 0.524. The number of aromatic nitrogens is 1. The summed E-state index contributed by atoms with van der Waals surface area (Å²) in [5, 5.41) is 4.78. The van der Waals surface area contributed by atoms with Gasteiger partial charge in [0.25, 0.3) is 0 Å². The molecule has 18 heavy (non-hydrogen) atoms. The Morgan fingerprint density at radius 1 is 1.17 bits per heavy atom. The van der Waals surface area contributed by atoms with Crippen molar-refractivity contribution in [2.75, 3.05) is 12.4 Å². The van der Waals surface area contributed by atoms with Crippen molar-refractivity contribution in [1.29, 1.82) is 0 Å². The number of pyridine rings is 1. The van der Waals surface area contributed by atoms with Gasteiger partial charge in [0, 0.05) is 11.9 Å². The molecule has 0 saturated heterocycles. The Balaban J connectivity index is 2.34. The summed E-state index contributed by atoms with van der Waals surface area (Å²) >= 11 is 13.7. The standard InChI is InChI=1S/C13H12Cl2N2S/c1-8-4-3-5-9(6-8)18-13-11(15)7-10(14)12(16-2)17-13/h3-7H,1-2H3,(H,16,17). The van der Waals surface area contributed by atoms with Crippen LogP contribution in [0.4, 0.5) is 5.82 Å². The molecule has 0 radical (unpaired) electrons. The minimum Gasteiger partial charge on any atom is -0.372 e. The second kappa shape index (κ2) is 5.83. The topological polar surface area (TPSA) is 24.9 Å². The molecule has 0 aliphatic carbocycles. The second-order valence-corrected chi connectivity index (χ2v) is 5.65. The van der Waals surface area contributed by atoms with E-state index in [2.05, 4.69) is 29.4 Å². The molecule has 0 bridgehead atoms. The van der Waals surface area contributed by atoms with Gasteiger partial charge in [-0.05, 0) is 25.1 Å². The highest BCUT2D eigenvalue weighted by Gasteiger charge is 2.09. The highest BCUT2D eigenvalue weighted by atomic mass is 35.5. The number of hydrogen-bond acceptors (Lipinski definition) is 3. The molecule has 94 valence electrons. The lowest BCUT2D eigenvalue weighted by Crippen LogP contribution is -1.95. The van der Waals surface area contributed by atoms with Crippen molar-refractivity contribution in [2.45, 2.75) is 16.8 Å². The first-order valence-corrected chi connectivity index (χ1v) is 6.95. The van der Waals surface area contributed by atoms with Crippen LogP contribution in [0.3, 0.4) is 0 Å². The zero-order valence-electron chi connectivity index (χ0n) is 10.00. The molecule has 0 fully saturated rings. The van der Waals surface area contributed by atoms with E-state index in [1.54, 1.807) is 13.1 Å². The molecule has 1 aromatic carbocycles. The molecule has 0 saturated carbocycles. The molecular formula is C13H12Cl2N2S. The van der Waals surface area contributed by atoms with Crippen molar-refractivity contribution in [3.8, 4) is 0 Å². The third-order valence-electron chi connectivity index (χ3n) is 2.34. The van der Waals surface area contributed by atoms with Gasteiger partial charge in [0.2, 0.25) is 0 Å². The fraction of sp³-hybridized carbons (Fsp3) is 0.154. The quantitative estimate of drug-likeness (QED) is 0.873. The van der Waals surface area contributed by atoms with Gasteiger partial charge in [-0.1, -0.05) is 52.7 Å². The first-order chi connectivity index (χ1) is 8.60. The van der Waals surface area contributed by atoms with Gasteiger partial charge in [-0.2, -0.15) is 0 Å². The van der Waals surface area contributed by atoms with Crippen molar-refractivity contribution >= 4 is 40.8 Å². The van der Waals surface area contributed by atoms with Gasteiger partial charge in [0.1, 0.15) is 10.8 Å². The van der Waals surface area contributed by atoms with Crippen LogP contribution in [0, 0.1) is 6.92 Å². The van der Waals surface area contributed by atoms with E-state index in [9.17, 15) is 0 Å². The SMILES string of the molecule is CNc1nc(Sc2cccc(C)c2)c(Cl)cc1Cl. The average Bonchev–Trinajstić information content (AvgIpc) is 2.33. The van der Waals surface area contributed by atoms with Crippen LogP contribution >= 0.6 is 35.0 Å². The number of aryl methyl sites for hydroxylation is 1. The molecule has 2 rings (SSSR count). The van der Waals surface area contributed by atoms with Gasteiger partial charge >= 0.3 is 0 Å². The molecular weight excluding hydrogens is 287 g/mol. The third-order valence-corrected chi connectivity index (χ3v) is 4.02. The van der Waals surface area contributed by atoms with Crippen LogP contribution in [-0.2, 0) is 0 Å². The van der Waals surface area contributed by atoms with Crippen LogP contribution in [0.1, 0.15) is 5.56 Å². The number of hydrogen-bond donors (Lipinski definition) is 1. The van der Waals surface area contributed by atoms with E-state index in [0.29, 0.717) is 15.9 Å². The second-order valence-electron chi connectivity index (χ2n) is 3.77. The van der Waals surface area contributed by atoms with Crippen molar-refractivity contribution in [3.63, 3.8) is 0 Å². The third kappa shape index (κ3) is 3.10. The van der Waals surface area contributed by atoms with Crippen LogP contribution in [-0.4, -0.2) is 12.0 Å². The molecule has 0 spiro atoms. The molecule has 2 nitrogen and oxygen atoms in total. The molecule has 0 aliphatic rings. The Kier molecular flexibility index (Phi) is 4.38. The highest BCUT2D eigenvalue weighted by molar-refractivity contribution is 7.99. The molecule has 0 atom stereocenters. The lowest BCUT2D eigenvalue weighted by Gasteiger charge is -2.08. The number of nitrogens with one attached hydrogen (secondary N) is 1. The largest absolute Gasteiger partial charge is 0.372 e. The highest BCUT2D eigenvalue weighted by Crippen LogP contribution is 2.35. The van der Waals surface area contributed by atoms with Crippen LogP contribution in [0.5, 0.6) is 0 Å². The summed E-state index contributed by atoms with van der Waals surface area (Å²) in [5.41, 5.74) is 1.21. The molecule has 0 aliphatic heterocycles. The Hall–Kier alpha value is -0.900. The number of benzene rings is 1. The van der Waals surface area contributed by atoms with Crippen molar-refractivity contribution < 1.29 is 0 Å². The predicted octanol–water partition coefficient (Wildman–Crippen LogP) is 4.89. The minimum atomic E-state index is 0.524. The smallest absolute Gasteiger partial charge is 0.146 e. The fourth-order valence-electron chi connectivity index (χ4n) is 1.49. The van der Waals surface area contributed by atoms with Gasteiger partial charge in [-0.15, -0.1) is 0 Å². The number of halogens is 2. The molecule has 5 heteroatoms. The summed E-state index contributed by atoms with van der Waals surface area (Å²) in [6.45, 7) is 2.06. The van der Waals surface area contributed by atoms with Crippen LogP contribution in [0.2, 0.25) is 10.0 Å². The maximum Gasteiger partial charge on any atom is 0.146 e. The fourth-order valence-corrected chi connectivity index (χ4v) is 2.96. The summed E-state index contributed by atoms with van der Waals surface area (Å²) in [7, 11) is 1.78. The number of anilines is 1. The van der Waals surface area contributed by atoms with E-state index < -0.39 is 0 Å². The lowest BCUT2D eigenvalue weighted by molar-refractivity contribution is 1.12. The van der Waals surface area contributed by atoms with E-state index in [1.807, 2.05) is 12.1 Å². The van der Waals surface area contributed by atoms with E-state index in [1.165, 1.54) is 17.3 Å². The summed E-state index contributed by atoms with van der Waals surface area (Å²) < 4.78 is 0. The molecule has 1 aromatic heterocycles.